The maximum Gasteiger partial charge on any atom is 0.140 e. The normalized spacial score (nSPS) is 27.6. The highest BCUT2D eigenvalue weighted by atomic mass is 16.1. The lowest BCUT2D eigenvalue weighted by atomic mass is 9.56. The van der Waals surface area contributed by atoms with Gasteiger partial charge in [-0.25, -0.2) is 0 Å². The standard InChI is InChI=1S/C11H18O/c1-4-7-9-8-10(12)11(9,5-2)6-3/h4,7,9H,5-6,8H2,1-3H3/b7-4-. The molecular formula is C11H18O. The van der Waals surface area contributed by atoms with Crippen LogP contribution in [-0.4, -0.2) is 5.78 Å². The van der Waals surface area contributed by atoms with Crippen LogP contribution in [0.5, 0.6) is 0 Å². The molecule has 0 aliphatic heterocycles. The van der Waals surface area contributed by atoms with Crippen LogP contribution in [0.4, 0.5) is 0 Å². The maximum atomic E-state index is 11.5. The minimum Gasteiger partial charge on any atom is -0.299 e. The summed E-state index contributed by atoms with van der Waals surface area (Å²) in [6.45, 7) is 6.27. The molecule has 1 saturated carbocycles. The van der Waals surface area contributed by atoms with E-state index >= 15 is 0 Å². The minimum atomic E-state index is 0.00646. The number of hydrogen-bond donors (Lipinski definition) is 0. The average molecular weight is 166 g/mol. The lowest BCUT2D eigenvalue weighted by Crippen LogP contribution is -2.48. The van der Waals surface area contributed by atoms with E-state index < -0.39 is 0 Å². The van der Waals surface area contributed by atoms with Crippen LogP contribution in [0.3, 0.4) is 0 Å². The van der Waals surface area contributed by atoms with Gasteiger partial charge in [0.2, 0.25) is 0 Å². The molecule has 0 aromatic rings. The van der Waals surface area contributed by atoms with Crippen molar-refractivity contribution >= 4 is 5.78 Å². The molecule has 0 N–H and O–H groups in total. The summed E-state index contributed by atoms with van der Waals surface area (Å²) in [6.07, 6.45) is 7.02. The molecule has 1 fully saturated rings. The summed E-state index contributed by atoms with van der Waals surface area (Å²) < 4.78 is 0. The molecular weight excluding hydrogens is 148 g/mol. The summed E-state index contributed by atoms with van der Waals surface area (Å²) in [6, 6.07) is 0. The number of Topliss-reactive ketones (excluding diaryl/α,β-unsaturated/α-hetero) is 1. The molecule has 0 heterocycles. The van der Waals surface area contributed by atoms with Crippen molar-refractivity contribution in [3.8, 4) is 0 Å². The van der Waals surface area contributed by atoms with Crippen molar-refractivity contribution in [2.45, 2.75) is 40.0 Å². The quantitative estimate of drug-likeness (QED) is 0.589. The summed E-state index contributed by atoms with van der Waals surface area (Å²) in [7, 11) is 0. The first-order chi connectivity index (χ1) is 5.71. The highest BCUT2D eigenvalue weighted by molar-refractivity contribution is 5.92. The predicted octanol–water partition coefficient (Wildman–Crippen LogP) is 2.96. The largest absolute Gasteiger partial charge is 0.299 e. The third-order valence-electron chi connectivity index (χ3n) is 3.36. The molecule has 1 atom stereocenters. The van der Waals surface area contributed by atoms with Gasteiger partial charge < -0.3 is 0 Å². The number of hydrogen-bond acceptors (Lipinski definition) is 1. The van der Waals surface area contributed by atoms with Crippen LogP contribution in [0.2, 0.25) is 0 Å². The van der Waals surface area contributed by atoms with Gasteiger partial charge in [0, 0.05) is 11.8 Å². The van der Waals surface area contributed by atoms with Crippen LogP contribution in [0.1, 0.15) is 40.0 Å². The third-order valence-corrected chi connectivity index (χ3v) is 3.36. The third kappa shape index (κ3) is 1.12. The van der Waals surface area contributed by atoms with E-state index in [1.54, 1.807) is 0 Å². The van der Waals surface area contributed by atoms with Crippen LogP contribution in [0, 0.1) is 11.3 Å². The first-order valence-corrected chi connectivity index (χ1v) is 4.87. The van der Waals surface area contributed by atoms with Gasteiger partial charge in [0.25, 0.3) is 0 Å². The van der Waals surface area contributed by atoms with Crippen LogP contribution >= 0.6 is 0 Å². The molecule has 0 aromatic carbocycles. The second kappa shape index (κ2) is 3.42. The van der Waals surface area contributed by atoms with Gasteiger partial charge in [-0.2, -0.15) is 0 Å². The summed E-state index contributed by atoms with van der Waals surface area (Å²) in [5, 5.41) is 0. The monoisotopic (exact) mass is 166 g/mol. The molecule has 1 nitrogen and oxygen atoms in total. The molecule has 1 aliphatic carbocycles. The highest BCUT2D eigenvalue weighted by Crippen LogP contribution is 2.49. The van der Waals surface area contributed by atoms with Crippen molar-refractivity contribution in [1.29, 1.82) is 0 Å². The second-order valence-corrected chi connectivity index (χ2v) is 3.62. The van der Waals surface area contributed by atoms with E-state index in [-0.39, 0.29) is 5.41 Å². The zero-order valence-electron chi connectivity index (χ0n) is 8.26. The zero-order chi connectivity index (χ0) is 9.19. The van der Waals surface area contributed by atoms with E-state index in [0.717, 1.165) is 19.3 Å². The van der Waals surface area contributed by atoms with E-state index in [9.17, 15) is 4.79 Å². The molecule has 0 bridgehead atoms. The summed E-state index contributed by atoms with van der Waals surface area (Å²) in [5.74, 6) is 0.987. The molecule has 0 saturated heterocycles. The van der Waals surface area contributed by atoms with Crippen molar-refractivity contribution in [3.05, 3.63) is 12.2 Å². The lowest BCUT2D eigenvalue weighted by molar-refractivity contribution is -0.143. The highest BCUT2D eigenvalue weighted by Gasteiger charge is 2.50. The van der Waals surface area contributed by atoms with Crippen LogP contribution in [0.15, 0.2) is 12.2 Å². The molecule has 1 unspecified atom stereocenters. The van der Waals surface area contributed by atoms with Gasteiger partial charge in [-0.05, 0) is 25.7 Å². The van der Waals surface area contributed by atoms with Crippen molar-refractivity contribution < 1.29 is 4.79 Å². The van der Waals surface area contributed by atoms with E-state index in [2.05, 4.69) is 26.0 Å². The number of carbonyl (C=O) groups excluding carboxylic acids is 1. The molecule has 1 rings (SSSR count). The predicted molar refractivity (Wildman–Crippen MR) is 50.9 cm³/mol. The van der Waals surface area contributed by atoms with E-state index in [1.165, 1.54) is 0 Å². The Hall–Kier alpha value is -0.590. The van der Waals surface area contributed by atoms with Crippen LogP contribution < -0.4 is 0 Å². The first-order valence-electron chi connectivity index (χ1n) is 4.87. The van der Waals surface area contributed by atoms with Gasteiger partial charge in [-0.15, -0.1) is 0 Å². The van der Waals surface area contributed by atoms with E-state index in [4.69, 9.17) is 0 Å². The van der Waals surface area contributed by atoms with Crippen molar-refractivity contribution in [2.75, 3.05) is 0 Å². The Labute approximate surface area is 74.9 Å². The Morgan fingerprint density at radius 3 is 2.42 bits per heavy atom. The molecule has 0 amide bonds. The van der Waals surface area contributed by atoms with E-state index in [1.807, 2.05) is 6.92 Å². The fraction of sp³-hybridized carbons (Fsp3) is 0.727. The molecule has 68 valence electrons. The fourth-order valence-corrected chi connectivity index (χ4v) is 2.33. The summed E-state index contributed by atoms with van der Waals surface area (Å²) in [5.41, 5.74) is 0.00646. The van der Waals surface area contributed by atoms with Gasteiger partial charge in [0.1, 0.15) is 5.78 Å². The fourth-order valence-electron chi connectivity index (χ4n) is 2.33. The van der Waals surface area contributed by atoms with Gasteiger partial charge in [-0.1, -0.05) is 26.0 Å². The number of carbonyl (C=O) groups is 1. The van der Waals surface area contributed by atoms with Gasteiger partial charge in [0.05, 0.1) is 0 Å². The van der Waals surface area contributed by atoms with Crippen molar-refractivity contribution in [3.63, 3.8) is 0 Å². The lowest BCUT2D eigenvalue weighted by Gasteiger charge is -2.45. The first kappa shape index (κ1) is 9.50. The minimum absolute atomic E-state index is 0.00646. The number of allylic oxidation sites excluding steroid dienone is 2. The van der Waals surface area contributed by atoms with Crippen LogP contribution in [0.25, 0.3) is 0 Å². The Morgan fingerprint density at radius 1 is 1.50 bits per heavy atom. The smallest absolute Gasteiger partial charge is 0.140 e. The SMILES string of the molecule is C/C=C\C1CC(=O)C1(CC)CC. The Kier molecular flexibility index (Phi) is 2.71. The molecule has 12 heavy (non-hydrogen) atoms. The summed E-state index contributed by atoms with van der Waals surface area (Å²) in [4.78, 5) is 11.5. The molecule has 1 heteroatoms. The van der Waals surface area contributed by atoms with Crippen molar-refractivity contribution in [1.82, 2.24) is 0 Å². The van der Waals surface area contributed by atoms with E-state index in [0.29, 0.717) is 11.7 Å². The van der Waals surface area contributed by atoms with Crippen molar-refractivity contribution in [2.24, 2.45) is 11.3 Å². The van der Waals surface area contributed by atoms with Gasteiger partial charge in [0.15, 0.2) is 0 Å². The molecule has 1 aliphatic rings. The maximum absolute atomic E-state index is 11.5. The van der Waals surface area contributed by atoms with Gasteiger partial charge in [-0.3, -0.25) is 4.79 Å². The van der Waals surface area contributed by atoms with Gasteiger partial charge >= 0.3 is 0 Å². The summed E-state index contributed by atoms with van der Waals surface area (Å²) >= 11 is 0. The molecule has 0 spiro atoms. The van der Waals surface area contributed by atoms with Crippen LogP contribution in [-0.2, 0) is 4.79 Å². The topological polar surface area (TPSA) is 17.1 Å². The average Bonchev–Trinajstić information content (AvgIpc) is 2.07. The Balaban J connectivity index is 2.76. The Bertz CT molecular complexity index is 199. The zero-order valence-corrected chi connectivity index (χ0v) is 8.26. The number of rotatable bonds is 3. The molecule has 0 radical (unpaired) electrons. The molecule has 0 aromatic heterocycles. The Morgan fingerprint density at radius 2 is 2.08 bits per heavy atom. The number of ketones is 1. The second-order valence-electron chi connectivity index (χ2n) is 3.62.